The van der Waals surface area contributed by atoms with Crippen molar-refractivity contribution in [2.75, 3.05) is 13.2 Å². The van der Waals surface area contributed by atoms with Gasteiger partial charge in [0.15, 0.2) is 0 Å². The molecule has 0 aliphatic heterocycles. The van der Waals surface area contributed by atoms with Crippen LogP contribution in [0.1, 0.15) is 49.1 Å². The van der Waals surface area contributed by atoms with Crippen LogP contribution in [0.3, 0.4) is 0 Å². The topological polar surface area (TPSA) is 125 Å². The Labute approximate surface area is 198 Å². The second-order valence-corrected chi connectivity index (χ2v) is 9.02. The number of nitrogens with one attached hydrogen (secondary N) is 2. The smallest absolute Gasteiger partial charge is 0.407 e. The van der Waals surface area contributed by atoms with Crippen LogP contribution in [0.15, 0.2) is 48.5 Å². The van der Waals surface area contributed by atoms with E-state index in [-0.39, 0.29) is 49.8 Å². The molecule has 3 atom stereocenters. The monoisotopic (exact) mass is 466 g/mol. The molecule has 0 bridgehead atoms. The zero-order valence-corrected chi connectivity index (χ0v) is 18.9. The van der Waals surface area contributed by atoms with E-state index in [1.54, 1.807) is 0 Å². The number of hydrogen-bond acceptors (Lipinski definition) is 5. The maximum atomic E-state index is 12.5. The summed E-state index contributed by atoms with van der Waals surface area (Å²) in [6.45, 7) is -0.0628. The summed E-state index contributed by atoms with van der Waals surface area (Å²) in [6.07, 6.45) is 1.83. The van der Waals surface area contributed by atoms with Gasteiger partial charge < -0.3 is 25.6 Å². The van der Waals surface area contributed by atoms with Gasteiger partial charge in [-0.05, 0) is 47.4 Å². The number of ether oxygens (including phenoxy) is 1. The van der Waals surface area contributed by atoms with E-state index < -0.39 is 18.1 Å². The average molecular weight is 467 g/mol. The van der Waals surface area contributed by atoms with Crippen molar-refractivity contribution < 1.29 is 29.3 Å². The van der Waals surface area contributed by atoms with Gasteiger partial charge in [0.25, 0.3) is 0 Å². The zero-order valence-electron chi connectivity index (χ0n) is 18.9. The summed E-state index contributed by atoms with van der Waals surface area (Å²) >= 11 is 0. The molecule has 0 aromatic heterocycles. The van der Waals surface area contributed by atoms with Gasteiger partial charge in [-0.15, -0.1) is 0 Å². The number of benzene rings is 2. The number of alkyl carbamates (subject to hydrolysis) is 1. The minimum absolute atomic E-state index is 0.000672. The van der Waals surface area contributed by atoms with Crippen LogP contribution in [0, 0.1) is 5.92 Å². The first kappa shape index (κ1) is 23.8. The number of carbonyl (C=O) groups excluding carboxylic acids is 2. The number of fused-ring (bicyclic) bond motifs is 3. The Balaban J connectivity index is 1.25. The molecular weight excluding hydrogens is 436 g/mol. The highest BCUT2D eigenvalue weighted by atomic mass is 16.5. The SMILES string of the molecule is O=C(CC1CCC(NC(=O)OCC2c3ccccc3-c3ccccc32)C1)NC(CCO)C(=O)O. The summed E-state index contributed by atoms with van der Waals surface area (Å²) in [5.41, 5.74) is 4.66. The second kappa shape index (κ2) is 10.7. The van der Waals surface area contributed by atoms with Gasteiger partial charge in [-0.1, -0.05) is 48.5 Å². The van der Waals surface area contributed by atoms with Crippen LogP contribution < -0.4 is 10.6 Å². The predicted octanol–water partition coefficient (Wildman–Crippen LogP) is 3.04. The molecule has 2 aliphatic rings. The Morgan fingerprint density at radius 3 is 2.26 bits per heavy atom. The van der Waals surface area contributed by atoms with Crippen molar-refractivity contribution in [1.82, 2.24) is 10.6 Å². The second-order valence-electron chi connectivity index (χ2n) is 9.02. The molecule has 0 spiro atoms. The highest BCUT2D eigenvalue weighted by Gasteiger charge is 2.31. The molecule has 4 rings (SSSR count). The average Bonchev–Trinajstić information content (AvgIpc) is 3.39. The van der Waals surface area contributed by atoms with Gasteiger partial charge in [-0.2, -0.15) is 0 Å². The summed E-state index contributed by atoms with van der Waals surface area (Å²) in [6, 6.07) is 15.2. The largest absolute Gasteiger partial charge is 0.480 e. The Kier molecular flexibility index (Phi) is 7.47. The van der Waals surface area contributed by atoms with Gasteiger partial charge >= 0.3 is 12.1 Å². The van der Waals surface area contributed by atoms with Crippen LogP contribution in [-0.2, 0) is 14.3 Å². The molecule has 0 heterocycles. The number of hydrogen-bond donors (Lipinski definition) is 4. The van der Waals surface area contributed by atoms with Crippen LogP contribution in [0.2, 0.25) is 0 Å². The summed E-state index contributed by atoms with van der Waals surface area (Å²) in [5, 5.41) is 23.4. The van der Waals surface area contributed by atoms with Crippen molar-refractivity contribution in [2.45, 2.75) is 50.1 Å². The quantitative estimate of drug-likeness (QED) is 0.450. The summed E-state index contributed by atoms with van der Waals surface area (Å²) in [5.74, 6) is -1.46. The molecule has 180 valence electrons. The number of rotatable bonds is 9. The van der Waals surface area contributed by atoms with Crippen molar-refractivity contribution in [3.8, 4) is 11.1 Å². The number of aliphatic hydroxyl groups is 1. The molecule has 1 fully saturated rings. The molecule has 3 unspecified atom stereocenters. The van der Waals surface area contributed by atoms with E-state index in [1.165, 1.54) is 11.1 Å². The lowest BCUT2D eigenvalue weighted by Crippen LogP contribution is -2.42. The molecule has 8 nitrogen and oxygen atoms in total. The van der Waals surface area contributed by atoms with Crippen molar-refractivity contribution in [3.05, 3.63) is 59.7 Å². The lowest BCUT2D eigenvalue weighted by atomic mass is 9.98. The highest BCUT2D eigenvalue weighted by molar-refractivity contribution is 5.83. The summed E-state index contributed by atoms with van der Waals surface area (Å²) in [7, 11) is 0. The maximum absolute atomic E-state index is 12.5. The molecule has 4 N–H and O–H groups in total. The molecule has 2 aromatic carbocycles. The molecule has 2 aliphatic carbocycles. The van der Waals surface area contributed by atoms with Crippen molar-refractivity contribution in [2.24, 2.45) is 5.92 Å². The fourth-order valence-corrected chi connectivity index (χ4v) is 5.10. The molecule has 2 amide bonds. The Bertz CT molecular complexity index is 1010. The summed E-state index contributed by atoms with van der Waals surface area (Å²) in [4.78, 5) is 35.8. The standard InChI is InChI=1S/C26H30N2O6/c29-12-11-23(25(31)32)28-24(30)14-16-9-10-17(13-16)27-26(33)34-15-22-20-7-3-1-5-18(20)19-6-2-4-8-21(19)22/h1-8,16-17,22-23,29H,9-15H2,(H,27,33)(H,28,30)(H,31,32). The van der Waals surface area contributed by atoms with Gasteiger partial charge in [0.05, 0.1) is 0 Å². The third kappa shape index (κ3) is 5.39. The highest BCUT2D eigenvalue weighted by Crippen LogP contribution is 2.44. The van der Waals surface area contributed by atoms with Crippen molar-refractivity contribution >= 4 is 18.0 Å². The van der Waals surface area contributed by atoms with E-state index in [1.807, 2.05) is 24.3 Å². The Morgan fingerprint density at radius 2 is 1.65 bits per heavy atom. The predicted molar refractivity (Wildman–Crippen MR) is 125 cm³/mol. The lowest BCUT2D eigenvalue weighted by molar-refractivity contribution is -0.142. The van der Waals surface area contributed by atoms with Crippen molar-refractivity contribution in [1.29, 1.82) is 0 Å². The Hall–Kier alpha value is -3.39. The third-order valence-electron chi connectivity index (χ3n) is 6.73. The van der Waals surface area contributed by atoms with Gasteiger partial charge in [0, 0.05) is 31.4 Å². The number of amides is 2. The first-order valence-corrected chi connectivity index (χ1v) is 11.7. The van der Waals surface area contributed by atoms with E-state index in [0.717, 1.165) is 24.0 Å². The third-order valence-corrected chi connectivity index (χ3v) is 6.73. The molecule has 0 radical (unpaired) electrons. The first-order chi connectivity index (χ1) is 16.5. The number of aliphatic carboxylic acids is 1. The Morgan fingerprint density at radius 1 is 1.00 bits per heavy atom. The van der Waals surface area contributed by atoms with Crippen molar-refractivity contribution in [3.63, 3.8) is 0 Å². The maximum Gasteiger partial charge on any atom is 0.407 e. The fourth-order valence-electron chi connectivity index (χ4n) is 5.10. The molecule has 1 saturated carbocycles. The molecule has 0 saturated heterocycles. The van der Waals surface area contributed by atoms with E-state index >= 15 is 0 Å². The fraction of sp³-hybridized carbons (Fsp3) is 0.423. The van der Waals surface area contributed by atoms with Gasteiger partial charge in [0.2, 0.25) is 5.91 Å². The number of aliphatic hydroxyl groups excluding tert-OH is 1. The molecular formula is C26H30N2O6. The van der Waals surface area contributed by atoms with Crippen LogP contribution in [-0.4, -0.2) is 53.5 Å². The zero-order chi connectivity index (χ0) is 24.1. The number of carbonyl (C=O) groups is 3. The minimum Gasteiger partial charge on any atom is -0.480 e. The van der Waals surface area contributed by atoms with Crippen LogP contribution in [0.25, 0.3) is 11.1 Å². The van der Waals surface area contributed by atoms with Gasteiger partial charge in [-0.25, -0.2) is 9.59 Å². The van der Waals surface area contributed by atoms with E-state index in [4.69, 9.17) is 14.9 Å². The van der Waals surface area contributed by atoms with E-state index in [2.05, 4.69) is 34.9 Å². The van der Waals surface area contributed by atoms with Crippen LogP contribution >= 0.6 is 0 Å². The first-order valence-electron chi connectivity index (χ1n) is 11.7. The number of carboxylic acids is 1. The molecule has 34 heavy (non-hydrogen) atoms. The van der Waals surface area contributed by atoms with Crippen LogP contribution in [0.4, 0.5) is 4.79 Å². The lowest BCUT2D eigenvalue weighted by Gasteiger charge is -2.17. The van der Waals surface area contributed by atoms with E-state index in [9.17, 15) is 14.4 Å². The number of carboxylic acid groups (broad SMARTS) is 1. The van der Waals surface area contributed by atoms with Gasteiger partial charge in [-0.3, -0.25) is 4.79 Å². The minimum atomic E-state index is -1.16. The van der Waals surface area contributed by atoms with Crippen LogP contribution in [0.5, 0.6) is 0 Å². The molecule has 2 aromatic rings. The van der Waals surface area contributed by atoms with Gasteiger partial charge in [0.1, 0.15) is 12.6 Å². The summed E-state index contributed by atoms with van der Waals surface area (Å²) < 4.78 is 5.61. The molecule has 8 heteroatoms. The normalized spacial score (nSPS) is 19.7. The van der Waals surface area contributed by atoms with E-state index in [0.29, 0.717) is 6.42 Å².